The van der Waals surface area contributed by atoms with Crippen molar-refractivity contribution in [3.8, 4) is 0 Å². The van der Waals surface area contributed by atoms with Crippen molar-refractivity contribution in [2.24, 2.45) is 0 Å². The van der Waals surface area contributed by atoms with Gasteiger partial charge in [0.1, 0.15) is 6.10 Å². The molecule has 1 atom stereocenters. The lowest BCUT2D eigenvalue weighted by molar-refractivity contribution is 0.135. The van der Waals surface area contributed by atoms with Gasteiger partial charge in [-0.1, -0.05) is 30.3 Å². The number of ether oxygens (including phenoxy) is 1. The molecule has 18 heavy (non-hydrogen) atoms. The van der Waals surface area contributed by atoms with Crippen LogP contribution in [-0.4, -0.2) is 12.6 Å². The third kappa shape index (κ3) is 2.48. The van der Waals surface area contributed by atoms with Gasteiger partial charge in [-0.3, -0.25) is 0 Å². The van der Waals surface area contributed by atoms with Gasteiger partial charge in [-0.05, 0) is 41.8 Å². The van der Waals surface area contributed by atoms with Gasteiger partial charge in [0.25, 0.3) is 0 Å². The third-order valence-electron chi connectivity index (χ3n) is 3.31. The van der Waals surface area contributed by atoms with Crippen LogP contribution >= 0.6 is 0 Å². The molecule has 1 aliphatic rings. The molecular weight excluding hydrogens is 222 g/mol. The zero-order valence-corrected chi connectivity index (χ0v) is 10.3. The average molecular weight is 239 g/mol. The Kier molecular flexibility index (Phi) is 3.18. The number of rotatable bonds is 3. The van der Waals surface area contributed by atoms with Crippen LogP contribution in [0.5, 0.6) is 0 Å². The minimum absolute atomic E-state index is 0.293. The van der Waals surface area contributed by atoms with Crippen molar-refractivity contribution in [3.05, 3.63) is 54.8 Å². The zero-order valence-electron chi connectivity index (χ0n) is 10.3. The molecule has 2 aromatic rings. The highest BCUT2D eigenvalue weighted by molar-refractivity contribution is 5.85. The highest BCUT2D eigenvalue weighted by atomic mass is 16.5. The molecule has 0 fully saturated rings. The van der Waals surface area contributed by atoms with Gasteiger partial charge in [-0.25, -0.2) is 0 Å². The van der Waals surface area contributed by atoms with Crippen LogP contribution in [0.15, 0.2) is 54.8 Å². The van der Waals surface area contributed by atoms with Gasteiger partial charge in [-0.2, -0.15) is 0 Å². The van der Waals surface area contributed by atoms with Crippen molar-refractivity contribution in [1.29, 1.82) is 0 Å². The molecule has 0 spiro atoms. The highest BCUT2D eigenvalue weighted by Crippen LogP contribution is 2.19. The third-order valence-corrected chi connectivity index (χ3v) is 3.31. The Balaban J connectivity index is 1.69. The van der Waals surface area contributed by atoms with Gasteiger partial charge in [-0.15, -0.1) is 0 Å². The number of nitrogens with one attached hydrogen (secondary N) is 1. The highest BCUT2D eigenvalue weighted by Gasteiger charge is 2.10. The number of fused-ring (bicyclic) bond motifs is 1. The molecule has 2 aromatic carbocycles. The van der Waals surface area contributed by atoms with Gasteiger partial charge in [0.05, 0.1) is 12.8 Å². The molecule has 0 aromatic heterocycles. The average Bonchev–Trinajstić information content (AvgIpc) is 2.46. The summed E-state index contributed by atoms with van der Waals surface area (Å²) in [5.41, 5.74) is 1.16. The van der Waals surface area contributed by atoms with Gasteiger partial charge in [0, 0.05) is 5.69 Å². The first-order valence-electron chi connectivity index (χ1n) is 6.45. The van der Waals surface area contributed by atoms with E-state index in [-0.39, 0.29) is 0 Å². The predicted octanol–water partition coefficient (Wildman–Crippen LogP) is 3.94. The quantitative estimate of drug-likeness (QED) is 0.875. The van der Waals surface area contributed by atoms with E-state index in [1.807, 2.05) is 6.26 Å². The molecule has 92 valence electrons. The first-order valence-corrected chi connectivity index (χ1v) is 6.45. The lowest BCUT2D eigenvalue weighted by atomic mass is 10.1. The standard InChI is InChI=1S/C16H17NO/c1-2-6-14-11-15(9-8-13(14)5-1)17-12-16-7-3-4-10-18-16/h1-2,4-6,8-11,16-17H,3,7,12H2. The molecule has 1 heterocycles. The van der Waals surface area contributed by atoms with Crippen LogP contribution in [0.4, 0.5) is 5.69 Å². The van der Waals surface area contributed by atoms with Crippen molar-refractivity contribution in [2.75, 3.05) is 11.9 Å². The summed E-state index contributed by atoms with van der Waals surface area (Å²) in [5, 5.41) is 6.00. The van der Waals surface area contributed by atoms with Crippen LogP contribution < -0.4 is 5.32 Å². The molecule has 1 unspecified atom stereocenters. The van der Waals surface area contributed by atoms with Crippen LogP contribution in [-0.2, 0) is 4.74 Å². The Labute approximate surface area is 107 Å². The van der Waals surface area contributed by atoms with Crippen molar-refractivity contribution >= 4 is 16.5 Å². The summed E-state index contributed by atoms with van der Waals surface area (Å²) in [6, 6.07) is 14.9. The number of anilines is 1. The lowest BCUT2D eigenvalue weighted by Crippen LogP contribution is -2.22. The predicted molar refractivity (Wildman–Crippen MR) is 75.7 cm³/mol. The second-order valence-electron chi connectivity index (χ2n) is 4.65. The monoisotopic (exact) mass is 239 g/mol. The van der Waals surface area contributed by atoms with E-state index in [0.29, 0.717) is 6.10 Å². The van der Waals surface area contributed by atoms with E-state index >= 15 is 0 Å². The maximum absolute atomic E-state index is 5.54. The van der Waals surface area contributed by atoms with Gasteiger partial charge >= 0.3 is 0 Å². The molecule has 0 saturated carbocycles. The molecule has 0 bridgehead atoms. The molecule has 0 radical (unpaired) electrons. The maximum atomic E-state index is 5.54. The van der Waals surface area contributed by atoms with Crippen LogP contribution in [0.2, 0.25) is 0 Å². The van der Waals surface area contributed by atoms with E-state index in [4.69, 9.17) is 4.74 Å². The van der Waals surface area contributed by atoms with Gasteiger partial charge < -0.3 is 10.1 Å². The fraction of sp³-hybridized carbons (Fsp3) is 0.250. The number of allylic oxidation sites excluding steroid dienone is 1. The van der Waals surface area contributed by atoms with E-state index in [0.717, 1.165) is 25.1 Å². The molecule has 2 nitrogen and oxygen atoms in total. The van der Waals surface area contributed by atoms with Crippen LogP contribution in [0.3, 0.4) is 0 Å². The van der Waals surface area contributed by atoms with Crippen molar-refractivity contribution in [2.45, 2.75) is 18.9 Å². The van der Waals surface area contributed by atoms with Crippen LogP contribution in [0.25, 0.3) is 10.8 Å². The molecule has 2 heteroatoms. The molecule has 3 rings (SSSR count). The normalized spacial score (nSPS) is 18.6. The van der Waals surface area contributed by atoms with Gasteiger partial charge in [0.15, 0.2) is 0 Å². The van der Waals surface area contributed by atoms with Crippen molar-refractivity contribution in [1.82, 2.24) is 0 Å². The summed E-state index contributed by atoms with van der Waals surface area (Å²) < 4.78 is 5.54. The first-order chi connectivity index (χ1) is 8.92. The molecule has 0 aliphatic carbocycles. The summed E-state index contributed by atoms with van der Waals surface area (Å²) in [7, 11) is 0. The largest absolute Gasteiger partial charge is 0.497 e. The SMILES string of the molecule is C1=COC(CNc2ccc3ccccc3c2)CC1. The second-order valence-corrected chi connectivity index (χ2v) is 4.65. The lowest BCUT2D eigenvalue weighted by Gasteiger charge is -2.20. The van der Waals surface area contributed by atoms with E-state index in [9.17, 15) is 0 Å². The second kappa shape index (κ2) is 5.13. The summed E-state index contributed by atoms with van der Waals surface area (Å²) in [6.45, 7) is 0.864. The smallest absolute Gasteiger partial charge is 0.115 e. The Morgan fingerprint density at radius 1 is 1.11 bits per heavy atom. The fourth-order valence-corrected chi connectivity index (χ4v) is 2.27. The van der Waals surface area contributed by atoms with E-state index in [2.05, 4.69) is 53.9 Å². The first kappa shape index (κ1) is 11.1. The molecule has 1 aliphatic heterocycles. The zero-order chi connectivity index (χ0) is 12.2. The number of benzene rings is 2. The Bertz CT molecular complexity index is 562. The topological polar surface area (TPSA) is 21.3 Å². The Hall–Kier alpha value is -1.96. The van der Waals surface area contributed by atoms with E-state index in [1.165, 1.54) is 10.8 Å². The molecule has 0 amide bonds. The van der Waals surface area contributed by atoms with E-state index in [1.54, 1.807) is 0 Å². The maximum Gasteiger partial charge on any atom is 0.115 e. The van der Waals surface area contributed by atoms with Gasteiger partial charge in [0.2, 0.25) is 0 Å². The Morgan fingerprint density at radius 3 is 2.83 bits per heavy atom. The molecular formula is C16H17NO. The summed E-state index contributed by atoms with van der Waals surface area (Å²) in [5.74, 6) is 0. The molecule has 1 N–H and O–H groups in total. The Morgan fingerprint density at radius 2 is 2.00 bits per heavy atom. The minimum Gasteiger partial charge on any atom is -0.497 e. The summed E-state index contributed by atoms with van der Waals surface area (Å²) in [4.78, 5) is 0. The minimum atomic E-state index is 0.293. The summed E-state index contributed by atoms with van der Waals surface area (Å²) >= 11 is 0. The van der Waals surface area contributed by atoms with Crippen LogP contribution in [0, 0.1) is 0 Å². The number of hydrogen-bond acceptors (Lipinski definition) is 2. The van der Waals surface area contributed by atoms with Crippen LogP contribution in [0.1, 0.15) is 12.8 Å². The molecule has 0 saturated heterocycles. The fourth-order valence-electron chi connectivity index (χ4n) is 2.27. The van der Waals surface area contributed by atoms with E-state index < -0.39 is 0 Å². The van der Waals surface area contributed by atoms with Crippen molar-refractivity contribution in [3.63, 3.8) is 0 Å². The van der Waals surface area contributed by atoms with Crippen molar-refractivity contribution < 1.29 is 4.74 Å². The summed E-state index contributed by atoms with van der Waals surface area (Å²) in [6.07, 6.45) is 6.39. The number of hydrogen-bond donors (Lipinski definition) is 1.